The van der Waals surface area contributed by atoms with E-state index in [0.717, 1.165) is 33.1 Å². The number of furan rings is 1. The van der Waals surface area contributed by atoms with E-state index in [4.69, 9.17) is 14.6 Å². The van der Waals surface area contributed by atoms with Crippen molar-refractivity contribution in [1.82, 2.24) is 0 Å². The normalized spacial score (nSPS) is 11.1. The largest absolute Gasteiger partial charge is 0.481 e. The maximum absolute atomic E-state index is 10.7. The molecule has 0 amide bonds. The standard InChI is InChI=1S/C18H16O5/c19-17(20)7-3-11-1-5-15-13(9-11)14-10-12(4-8-18(21)22)2-6-16(14)23-15/h1-2,5-6,9-10H,3-4,7-8H2,(H,19,20)(H,21,22). The molecular weight excluding hydrogens is 296 g/mol. The molecular formula is C18H16O5. The number of carboxylic acids is 2. The number of carboxylic acid groups (broad SMARTS) is 2. The van der Waals surface area contributed by atoms with Crippen LogP contribution in [0, 0.1) is 0 Å². The third-order valence-electron chi connectivity index (χ3n) is 3.85. The Kier molecular flexibility index (Phi) is 4.02. The Balaban J connectivity index is 1.98. The van der Waals surface area contributed by atoms with Gasteiger partial charge < -0.3 is 14.6 Å². The Morgan fingerprint density at radius 3 is 1.61 bits per heavy atom. The lowest BCUT2D eigenvalue weighted by molar-refractivity contribution is -0.138. The number of benzene rings is 2. The van der Waals surface area contributed by atoms with Gasteiger partial charge in [0, 0.05) is 23.6 Å². The van der Waals surface area contributed by atoms with Crippen molar-refractivity contribution in [2.24, 2.45) is 0 Å². The van der Waals surface area contributed by atoms with Gasteiger partial charge in [0.1, 0.15) is 11.2 Å². The topological polar surface area (TPSA) is 87.7 Å². The van der Waals surface area contributed by atoms with E-state index in [1.54, 1.807) is 0 Å². The van der Waals surface area contributed by atoms with Crippen molar-refractivity contribution in [2.75, 3.05) is 0 Å². The minimum atomic E-state index is -0.821. The van der Waals surface area contributed by atoms with Crippen molar-refractivity contribution in [2.45, 2.75) is 25.7 Å². The van der Waals surface area contributed by atoms with Crippen LogP contribution in [0.2, 0.25) is 0 Å². The fraction of sp³-hybridized carbons (Fsp3) is 0.222. The first-order valence-corrected chi connectivity index (χ1v) is 7.40. The van der Waals surface area contributed by atoms with Gasteiger partial charge in [0.2, 0.25) is 0 Å². The van der Waals surface area contributed by atoms with Crippen molar-refractivity contribution in [3.05, 3.63) is 47.5 Å². The molecule has 0 saturated carbocycles. The van der Waals surface area contributed by atoms with Crippen LogP contribution in [-0.4, -0.2) is 22.2 Å². The van der Waals surface area contributed by atoms with Crippen LogP contribution in [0.15, 0.2) is 40.8 Å². The van der Waals surface area contributed by atoms with Crippen LogP contribution < -0.4 is 0 Å². The number of carbonyl (C=O) groups is 2. The van der Waals surface area contributed by atoms with Crippen molar-refractivity contribution in [3.63, 3.8) is 0 Å². The number of fused-ring (bicyclic) bond motifs is 3. The summed E-state index contributed by atoms with van der Waals surface area (Å²) >= 11 is 0. The summed E-state index contributed by atoms with van der Waals surface area (Å²) in [6.45, 7) is 0. The fourth-order valence-corrected chi connectivity index (χ4v) is 2.69. The van der Waals surface area contributed by atoms with Crippen LogP contribution in [-0.2, 0) is 22.4 Å². The van der Waals surface area contributed by atoms with E-state index < -0.39 is 11.9 Å². The van der Waals surface area contributed by atoms with Crippen LogP contribution in [0.5, 0.6) is 0 Å². The fourth-order valence-electron chi connectivity index (χ4n) is 2.69. The summed E-state index contributed by atoms with van der Waals surface area (Å²) < 4.78 is 5.78. The Hall–Kier alpha value is -2.82. The molecule has 3 aromatic rings. The molecule has 1 heterocycles. The summed E-state index contributed by atoms with van der Waals surface area (Å²) in [6.07, 6.45) is 1.11. The van der Waals surface area contributed by atoms with Crippen LogP contribution in [0.25, 0.3) is 21.9 Å². The highest BCUT2D eigenvalue weighted by atomic mass is 16.4. The van der Waals surface area contributed by atoms with E-state index in [-0.39, 0.29) is 12.8 Å². The zero-order chi connectivity index (χ0) is 16.4. The van der Waals surface area contributed by atoms with Crippen LogP contribution in [0.1, 0.15) is 24.0 Å². The van der Waals surface area contributed by atoms with Gasteiger partial charge >= 0.3 is 11.9 Å². The molecule has 0 atom stereocenters. The molecule has 0 aliphatic heterocycles. The average Bonchev–Trinajstić information content (AvgIpc) is 2.88. The number of aryl methyl sites for hydroxylation is 2. The van der Waals surface area contributed by atoms with Gasteiger partial charge in [0.15, 0.2) is 0 Å². The zero-order valence-electron chi connectivity index (χ0n) is 12.4. The summed E-state index contributed by atoms with van der Waals surface area (Å²) in [5.74, 6) is -1.64. The van der Waals surface area contributed by atoms with Gasteiger partial charge in [-0.1, -0.05) is 12.1 Å². The molecule has 0 radical (unpaired) electrons. The van der Waals surface area contributed by atoms with Gasteiger partial charge in [-0.05, 0) is 48.2 Å². The third kappa shape index (κ3) is 3.34. The van der Waals surface area contributed by atoms with E-state index in [0.29, 0.717) is 12.8 Å². The van der Waals surface area contributed by atoms with E-state index in [1.165, 1.54) is 0 Å². The van der Waals surface area contributed by atoms with Gasteiger partial charge in [-0.3, -0.25) is 9.59 Å². The lowest BCUT2D eigenvalue weighted by atomic mass is 10.0. The van der Waals surface area contributed by atoms with Crippen LogP contribution >= 0.6 is 0 Å². The molecule has 5 nitrogen and oxygen atoms in total. The molecule has 1 aromatic heterocycles. The molecule has 2 N–H and O–H groups in total. The molecule has 0 aliphatic carbocycles. The molecule has 23 heavy (non-hydrogen) atoms. The van der Waals surface area contributed by atoms with Crippen molar-refractivity contribution in [3.8, 4) is 0 Å². The van der Waals surface area contributed by atoms with Gasteiger partial charge in [-0.2, -0.15) is 0 Å². The van der Waals surface area contributed by atoms with E-state index >= 15 is 0 Å². The van der Waals surface area contributed by atoms with Crippen molar-refractivity contribution in [1.29, 1.82) is 0 Å². The Morgan fingerprint density at radius 1 is 0.783 bits per heavy atom. The maximum Gasteiger partial charge on any atom is 0.303 e. The second-order valence-electron chi connectivity index (χ2n) is 5.55. The molecule has 3 rings (SSSR count). The number of aliphatic carboxylic acids is 2. The highest BCUT2D eigenvalue weighted by Gasteiger charge is 2.10. The summed E-state index contributed by atoms with van der Waals surface area (Å²) in [4.78, 5) is 21.4. The predicted octanol–water partition coefficient (Wildman–Crippen LogP) is 3.62. The van der Waals surface area contributed by atoms with Gasteiger partial charge in [-0.25, -0.2) is 0 Å². The quantitative estimate of drug-likeness (QED) is 0.726. The first-order chi connectivity index (χ1) is 11.0. The third-order valence-corrected chi connectivity index (χ3v) is 3.85. The highest BCUT2D eigenvalue weighted by molar-refractivity contribution is 6.05. The first-order valence-electron chi connectivity index (χ1n) is 7.40. The average molecular weight is 312 g/mol. The summed E-state index contributed by atoms with van der Waals surface area (Å²) in [5.41, 5.74) is 3.38. The number of rotatable bonds is 6. The molecule has 0 unspecified atom stereocenters. The zero-order valence-corrected chi connectivity index (χ0v) is 12.4. The van der Waals surface area contributed by atoms with E-state index in [2.05, 4.69) is 0 Å². The Morgan fingerprint density at radius 2 is 1.22 bits per heavy atom. The number of hydrogen-bond donors (Lipinski definition) is 2. The monoisotopic (exact) mass is 312 g/mol. The molecule has 118 valence electrons. The summed E-state index contributed by atoms with van der Waals surface area (Å²) in [6, 6.07) is 11.3. The minimum absolute atomic E-state index is 0.0884. The molecule has 0 bridgehead atoms. The van der Waals surface area contributed by atoms with Crippen LogP contribution in [0.4, 0.5) is 0 Å². The smallest absolute Gasteiger partial charge is 0.303 e. The second kappa shape index (κ2) is 6.12. The molecule has 0 saturated heterocycles. The van der Waals surface area contributed by atoms with Crippen molar-refractivity contribution >= 4 is 33.9 Å². The lowest BCUT2D eigenvalue weighted by Crippen LogP contribution is -1.97. The Bertz CT molecular complexity index is 819. The summed E-state index contributed by atoms with van der Waals surface area (Å²) in [7, 11) is 0. The first kappa shape index (κ1) is 15.1. The van der Waals surface area contributed by atoms with Gasteiger partial charge in [0.25, 0.3) is 0 Å². The summed E-state index contributed by atoms with van der Waals surface area (Å²) in [5, 5.41) is 19.4. The number of hydrogen-bond acceptors (Lipinski definition) is 3. The lowest BCUT2D eigenvalue weighted by Gasteiger charge is -2.00. The minimum Gasteiger partial charge on any atom is -0.481 e. The highest BCUT2D eigenvalue weighted by Crippen LogP contribution is 2.30. The van der Waals surface area contributed by atoms with Crippen LogP contribution in [0.3, 0.4) is 0 Å². The predicted molar refractivity (Wildman–Crippen MR) is 85.6 cm³/mol. The maximum atomic E-state index is 10.7. The van der Waals surface area contributed by atoms with Crippen molar-refractivity contribution < 1.29 is 24.2 Å². The SMILES string of the molecule is O=C(O)CCc1ccc2oc3ccc(CCC(=O)O)cc3c2c1. The van der Waals surface area contributed by atoms with Gasteiger partial charge in [0.05, 0.1) is 0 Å². The van der Waals surface area contributed by atoms with E-state index in [1.807, 2.05) is 36.4 Å². The van der Waals surface area contributed by atoms with E-state index in [9.17, 15) is 9.59 Å². The second-order valence-corrected chi connectivity index (χ2v) is 5.55. The molecule has 0 spiro atoms. The molecule has 0 fully saturated rings. The molecule has 0 aliphatic rings. The Labute approximate surface area is 132 Å². The van der Waals surface area contributed by atoms with Gasteiger partial charge in [-0.15, -0.1) is 0 Å². The molecule has 5 heteroatoms. The molecule has 2 aromatic carbocycles.